The number of hydrogen-bond donors (Lipinski definition) is 0. The SMILES string of the molecule is CCOC(=O)c1ccc(N2C(=O)CC(N(CCN3CCOCC3)C(=O)CC(C)(C)C)C2=O)cc1. The van der Waals surface area contributed by atoms with E-state index >= 15 is 0 Å². The van der Waals surface area contributed by atoms with Gasteiger partial charge in [0.15, 0.2) is 0 Å². The summed E-state index contributed by atoms with van der Waals surface area (Å²) >= 11 is 0. The van der Waals surface area contributed by atoms with Crippen molar-refractivity contribution < 1.29 is 28.7 Å². The van der Waals surface area contributed by atoms with Crippen LogP contribution in [0, 0.1) is 5.41 Å². The number of morpholine rings is 1. The van der Waals surface area contributed by atoms with Crippen LogP contribution in [0.2, 0.25) is 0 Å². The van der Waals surface area contributed by atoms with Crippen molar-refractivity contribution in [3.05, 3.63) is 29.8 Å². The van der Waals surface area contributed by atoms with Gasteiger partial charge >= 0.3 is 5.97 Å². The molecule has 9 nitrogen and oxygen atoms in total. The van der Waals surface area contributed by atoms with Crippen molar-refractivity contribution in [1.29, 1.82) is 0 Å². The second-order valence-corrected chi connectivity index (χ2v) is 9.83. The van der Waals surface area contributed by atoms with Crippen molar-refractivity contribution in [2.45, 2.75) is 46.6 Å². The van der Waals surface area contributed by atoms with E-state index in [1.807, 2.05) is 20.8 Å². The van der Waals surface area contributed by atoms with Crippen LogP contribution in [0.25, 0.3) is 0 Å². The zero-order valence-corrected chi connectivity index (χ0v) is 20.5. The van der Waals surface area contributed by atoms with E-state index in [0.29, 0.717) is 37.6 Å². The Hall–Kier alpha value is -2.78. The maximum absolute atomic E-state index is 13.4. The van der Waals surface area contributed by atoms with Crippen molar-refractivity contribution in [2.75, 3.05) is 50.9 Å². The standard InChI is InChI=1S/C25H35N3O6/c1-5-34-24(32)18-6-8-19(9-7-18)28-21(29)16-20(23(28)31)27(22(30)17-25(2,3)4)11-10-26-12-14-33-15-13-26/h6-9,20H,5,10-17H2,1-4H3. The lowest BCUT2D eigenvalue weighted by Gasteiger charge is -2.33. The number of anilines is 1. The molecule has 0 N–H and O–H groups in total. The Kier molecular flexibility index (Phi) is 8.43. The van der Waals surface area contributed by atoms with Crippen LogP contribution in [0.5, 0.6) is 0 Å². The minimum Gasteiger partial charge on any atom is -0.462 e. The van der Waals surface area contributed by atoms with Crippen molar-refractivity contribution in [3.8, 4) is 0 Å². The zero-order chi connectivity index (χ0) is 24.9. The summed E-state index contributed by atoms with van der Waals surface area (Å²) in [6.45, 7) is 11.7. The lowest BCUT2D eigenvalue weighted by molar-refractivity contribution is -0.140. The summed E-state index contributed by atoms with van der Waals surface area (Å²) in [5.41, 5.74) is 0.471. The summed E-state index contributed by atoms with van der Waals surface area (Å²) in [5.74, 6) is -1.38. The number of nitrogens with zero attached hydrogens (tertiary/aromatic N) is 3. The molecule has 0 aliphatic carbocycles. The molecule has 34 heavy (non-hydrogen) atoms. The van der Waals surface area contributed by atoms with Gasteiger partial charge in [-0.1, -0.05) is 20.8 Å². The average Bonchev–Trinajstić information content (AvgIpc) is 3.07. The third-order valence-electron chi connectivity index (χ3n) is 5.90. The molecule has 9 heteroatoms. The molecule has 0 spiro atoms. The first-order chi connectivity index (χ1) is 16.1. The maximum Gasteiger partial charge on any atom is 0.338 e. The second-order valence-electron chi connectivity index (χ2n) is 9.83. The van der Waals surface area contributed by atoms with Crippen LogP contribution in [0.1, 0.15) is 50.9 Å². The number of carbonyl (C=O) groups excluding carboxylic acids is 4. The van der Waals surface area contributed by atoms with Crippen LogP contribution in [0.3, 0.4) is 0 Å². The molecule has 3 rings (SSSR count). The Morgan fingerprint density at radius 2 is 1.76 bits per heavy atom. The van der Waals surface area contributed by atoms with Gasteiger partial charge in [-0.3, -0.25) is 19.3 Å². The second kappa shape index (κ2) is 11.1. The maximum atomic E-state index is 13.4. The van der Waals surface area contributed by atoms with Crippen LogP contribution < -0.4 is 4.90 Å². The van der Waals surface area contributed by atoms with Crippen molar-refractivity contribution >= 4 is 29.4 Å². The minimum atomic E-state index is -0.840. The van der Waals surface area contributed by atoms with Gasteiger partial charge in [-0.05, 0) is 36.6 Å². The molecular formula is C25H35N3O6. The molecule has 3 amide bonds. The first kappa shape index (κ1) is 25.8. The zero-order valence-electron chi connectivity index (χ0n) is 20.5. The number of ether oxygens (including phenoxy) is 2. The van der Waals surface area contributed by atoms with Gasteiger partial charge in [0.05, 0.1) is 37.5 Å². The molecule has 1 aromatic carbocycles. The largest absolute Gasteiger partial charge is 0.462 e. The fourth-order valence-corrected chi connectivity index (χ4v) is 4.18. The van der Waals surface area contributed by atoms with Crippen LogP contribution in [0.15, 0.2) is 24.3 Å². The fourth-order valence-electron chi connectivity index (χ4n) is 4.18. The molecule has 2 aliphatic heterocycles. The van der Waals surface area contributed by atoms with E-state index in [2.05, 4.69) is 4.90 Å². The Labute approximate surface area is 201 Å². The highest BCUT2D eigenvalue weighted by Crippen LogP contribution is 2.28. The monoisotopic (exact) mass is 473 g/mol. The van der Waals surface area contributed by atoms with Gasteiger partial charge in [0.1, 0.15) is 6.04 Å². The van der Waals surface area contributed by atoms with E-state index < -0.39 is 17.9 Å². The van der Waals surface area contributed by atoms with Gasteiger partial charge in [0, 0.05) is 32.6 Å². The summed E-state index contributed by atoms with van der Waals surface area (Å²) in [6.07, 6.45) is 0.222. The number of carbonyl (C=O) groups is 4. The predicted molar refractivity (Wildman–Crippen MR) is 126 cm³/mol. The lowest BCUT2D eigenvalue weighted by Crippen LogP contribution is -2.50. The molecule has 1 atom stereocenters. The van der Waals surface area contributed by atoms with Gasteiger partial charge in [0.2, 0.25) is 11.8 Å². The number of rotatable bonds is 8. The molecule has 2 fully saturated rings. The Morgan fingerprint density at radius 1 is 1.12 bits per heavy atom. The van der Waals surface area contributed by atoms with Gasteiger partial charge in [-0.25, -0.2) is 9.69 Å². The van der Waals surface area contributed by atoms with Crippen molar-refractivity contribution in [2.24, 2.45) is 5.41 Å². The number of benzene rings is 1. The van der Waals surface area contributed by atoms with Crippen LogP contribution in [0.4, 0.5) is 5.69 Å². The van der Waals surface area contributed by atoms with E-state index in [1.54, 1.807) is 24.0 Å². The number of esters is 1. The van der Waals surface area contributed by atoms with Gasteiger partial charge in [0.25, 0.3) is 5.91 Å². The highest BCUT2D eigenvalue weighted by Gasteiger charge is 2.44. The van der Waals surface area contributed by atoms with Crippen molar-refractivity contribution in [1.82, 2.24) is 9.80 Å². The number of hydrogen-bond acceptors (Lipinski definition) is 7. The minimum absolute atomic E-state index is 0.0581. The summed E-state index contributed by atoms with van der Waals surface area (Å²) in [6, 6.07) is 5.33. The third-order valence-corrected chi connectivity index (χ3v) is 5.90. The smallest absolute Gasteiger partial charge is 0.338 e. The summed E-state index contributed by atoms with van der Waals surface area (Å²) in [7, 11) is 0. The average molecular weight is 474 g/mol. The van der Waals surface area contributed by atoms with Crippen molar-refractivity contribution in [3.63, 3.8) is 0 Å². The van der Waals surface area contributed by atoms with E-state index in [1.165, 1.54) is 12.1 Å². The van der Waals surface area contributed by atoms with Crippen LogP contribution in [-0.4, -0.2) is 85.5 Å². The molecule has 0 bridgehead atoms. The topological polar surface area (TPSA) is 96.5 Å². The Bertz CT molecular complexity index is 902. The quantitative estimate of drug-likeness (QED) is 0.421. The Balaban J connectivity index is 1.78. The third kappa shape index (κ3) is 6.42. The molecule has 0 aromatic heterocycles. The molecule has 2 aliphatic rings. The van der Waals surface area contributed by atoms with Gasteiger partial charge in [-0.15, -0.1) is 0 Å². The molecule has 2 heterocycles. The number of amides is 3. The molecule has 1 unspecified atom stereocenters. The normalized spacial score (nSPS) is 19.4. The summed E-state index contributed by atoms with van der Waals surface area (Å²) in [5, 5.41) is 0. The molecule has 2 saturated heterocycles. The van der Waals surface area contributed by atoms with Crippen LogP contribution in [-0.2, 0) is 23.9 Å². The first-order valence-corrected chi connectivity index (χ1v) is 11.8. The highest BCUT2D eigenvalue weighted by molar-refractivity contribution is 6.23. The summed E-state index contributed by atoms with van der Waals surface area (Å²) < 4.78 is 10.4. The first-order valence-electron chi connectivity index (χ1n) is 11.8. The summed E-state index contributed by atoms with van der Waals surface area (Å²) in [4.78, 5) is 56.3. The van der Waals surface area contributed by atoms with E-state index in [9.17, 15) is 19.2 Å². The van der Waals surface area contributed by atoms with E-state index in [-0.39, 0.29) is 36.7 Å². The van der Waals surface area contributed by atoms with E-state index in [4.69, 9.17) is 9.47 Å². The van der Waals surface area contributed by atoms with Gasteiger partial charge < -0.3 is 14.4 Å². The van der Waals surface area contributed by atoms with Crippen LogP contribution >= 0.6 is 0 Å². The highest BCUT2D eigenvalue weighted by atomic mass is 16.5. The molecular weight excluding hydrogens is 438 g/mol. The number of imide groups is 1. The molecule has 186 valence electrons. The van der Waals surface area contributed by atoms with Gasteiger partial charge in [-0.2, -0.15) is 0 Å². The Morgan fingerprint density at radius 3 is 2.35 bits per heavy atom. The van der Waals surface area contributed by atoms with E-state index in [0.717, 1.165) is 18.0 Å². The molecule has 0 radical (unpaired) electrons. The predicted octanol–water partition coefficient (Wildman–Crippen LogP) is 2.09. The lowest BCUT2D eigenvalue weighted by atomic mass is 9.91. The molecule has 0 saturated carbocycles. The molecule has 1 aromatic rings. The fraction of sp³-hybridized carbons (Fsp3) is 0.600.